The summed E-state index contributed by atoms with van der Waals surface area (Å²) in [6, 6.07) is 5.84. The maximum atomic E-state index is 13.6. The van der Waals surface area contributed by atoms with Crippen LogP contribution in [0, 0.1) is 11.6 Å². The molecule has 0 spiro atoms. The lowest BCUT2D eigenvalue weighted by molar-refractivity contribution is -0.120. The Hall–Kier alpha value is -2.05. The van der Waals surface area contributed by atoms with Gasteiger partial charge in [0, 0.05) is 18.8 Å². The molecule has 0 fully saturated rings. The van der Waals surface area contributed by atoms with E-state index in [9.17, 15) is 13.6 Å². The molecular formula is C16H16ClF2N3O. The molecule has 4 nitrogen and oxygen atoms in total. The molecule has 23 heavy (non-hydrogen) atoms. The van der Waals surface area contributed by atoms with Crippen molar-refractivity contribution >= 4 is 23.2 Å². The van der Waals surface area contributed by atoms with Gasteiger partial charge in [-0.25, -0.2) is 13.8 Å². The van der Waals surface area contributed by atoms with Crippen molar-refractivity contribution in [2.24, 2.45) is 0 Å². The Kier molecular flexibility index (Phi) is 5.63. The van der Waals surface area contributed by atoms with Crippen LogP contribution in [0.4, 0.5) is 14.5 Å². The van der Waals surface area contributed by atoms with Gasteiger partial charge in [-0.15, -0.1) is 0 Å². The molecular weight excluding hydrogens is 324 g/mol. The van der Waals surface area contributed by atoms with E-state index < -0.39 is 23.6 Å². The van der Waals surface area contributed by atoms with Gasteiger partial charge in [-0.3, -0.25) is 9.69 Å². The molecule has 0 aliphatic heterocycles. The van der Waals surface area contributed by atoms with Crippen LogP contribution in [0.15, 0.2) is 36.5 Å². The summed E-state index contributed by atoms with van der Waals surface area (Å²) in [5, 5.41) is 2.79. The van der Waals surface area contributed by atoms with Gasteiger partial charge >= 0.3 is 0 Å². The van der Waals surface area contributed by atoms with E-state index in [0.717, 1.165) is 23.8 Å². The minimum Gasteiger partial charge on any atom is -0.322 e. The minimum absolute atomic E-state index is 0.177. The molecule has 0 saturated carbocycles. The van der Waals surface area contributed by atoms with Crippen molar-refractivity contribution in [2.75, 3.05) is 12.4 Å². The van der Waals surface area contributed by atoms with Crippen LogP contribution in [0.2, 0.25) is 5.15 Å². The molecule has 0 aliphatic rings. The number of hydrogen-bond donors (Lipinski definition) is 1. The van der Waals surface area contributed by atoms with E-state index in [1.54, 1.807) is 31.1 Å². The largest absolute Gasteiger partial charge is 0.322 e. The van der Waals surface area contributed by atoms with Gasteiger partial charge in [0.25, 0.3) is 0 Å². The highest BCUT2D eigenvalue weighted by Crippen LogP contribution is 2.16. The third-order valence-electron chi connectivity index (χ3n) is 3.45. The molecule has 1 atom stereocenters. The molecule has 1 N–H and O–H groups in total. The lowest BCUT2D eigenvalue weighted by Gasteiger charge is -2.24. The fourth-order valence-corrected chi connectivity index (χ4v) is 2.07. The average molecular weight is 340 g/mol. The van der Waals surface area contributed by atoms with Gasteiger partial charge in [0.05, 0.1) is 11.7 Å². The fraction of sp³-hybridized carbons (Fsp3) is 0.250. The minimum atomic E-state index is -0.684. The van der Waals surface area contributed by atoms with Gasteiger partial charge in [0.1, 0.15) is 16.8 Å². The van der Waals surface area contributed by atoms with Crippen LogP contribution in [-0.2, 0) is 11.3 Å². The molecule has 0 bridgehead atoms. The number of nitrogens with one attached hydrogen (secondary N) is 1. The molecule has 2 rings (SSSR count). The average Bonchev–Trinajstić information content (AvgIpc) is 2.52. The maximum absolute atomic E-state index is 13.6. The van der Waals surface area contributed by atoms with E-state index in [-0.39, 0.29) is 5.69 Å². The van der Waals surface area contributed by atoms with Gasteiger partial charge < -0.3 is 5.32 Å². The second kappa shape index (κ2) is 7.48. The molecule has 1 aromatic heterocycles. The number of hydrogen-bond acceptors (Lipinski definition) is 3. The van der Waals surface area contributed by atoms with Crippen molar-refractivity contribution in [1.29, 1.82) is 0 Å². The molecule has 0 radical (unpaired) electrons. The van der Waals surface area contributed by atoms with Crippen LogP contribution in [0.3, 0.4) is 0 Å². The maximum Gasteiger partial charge on any atom is 0.241 e. The summed E-state index contributed by atoms with van der Waals surface area (Å²) < 4.78 is 26.7. The molecule has 122 valence electrons. The van der Waals surface area contributed by atoms with E-state index in [4.69, 9.17) is 11.6 Å². The Morgan fingerprint density at radius 1 is 1.35 bits per heavy atom. The van der Waals surface area contributed by atoms with Crippen molar-refractivity contribution in [3.05, 3.63) is 58.9 Å². The van der Waals surface area contributed by atoms with Gasteiger partial charge in [-0.2, -0.15) is 0 Å². The fourth-order valence-electron chi connectivity index (χ4n) is 1.96. The van der Waals surface area contributed by atoms with Crippen LogP contribution >= 0.6 is 11.6 Å². The highest BCUT2D eigenvalue weighted by atomic mass is 35.5. The third-order valence-corrected chi connectivity index (χ3v) is 3.67. The Bertz CT molecular complexity index is 694. The van der Waals surface area contributed by atoms with E-state index in [0.29, 0.717) is 11.7 Å². The summed E-state index contributed by atoms with van der Waals surface area (Å²) in [7, 11) is 1.75. The van der Waals surface area contributed by atoms with Gasteiger partial charge in [0.15, 0.2) is 0 Å². The van der Waals surface area contributed by atoms with E-state index in [1.165, 1.54) is 0 Å². The summed E-state index contributed by atoms with van der Waals surface area (Å²) >= 11 is 5.72. The Labute approximate surface area is 138 Å². The molecule has 1 aromatic carbocycles. The zero-order valence-electron chi connectivity index (χ0n) is 12.7. The quantitative estimate of drug-likeness (QED) is 0.848. The predicted octanol–water partition coefficient (Wildman–Crippen LogP) is 3.47. The van der Waals surface area contributed by atoms with Crippen molar-refractivity contribution in [1.82, 2.24) is 9.88 Å². The summed E-state index contributed by atoms with van der Waals surface area (Å²) in [5.41, 5.74) is 0.705. The normalized spacial score (nSPS) is 12.3. The first-order valence-electron chi connectivity index (χ1n) is 6.93. The molecule has 0 saturated heterocycles. The van der Waals surface area contributed by atoms with Gasteiger partial charge in [0.2, 0.25) is 5.91 Å². The molecule has 1 amide bonds. The van der Waals surface area contributed by atoms with Crippen molar-refractivity contribution in [2.45, 2.75) is 19.5 Å². The number of anilines is 1. The second-order valence-corrected chi connectivity index (χ2v) is 5.58. The number of amides is 1. The summed E-state index contributed by atoms with van der Waals surface area (Å²) in [6.07, 6.45) is 1.62. The summed E-state index contributed by atoms with van der Waals surface area (Å²) in [4.78, 5) is 17.9. The first-order valence-corrected chi connectivity index (χ1v) is 7.31. The third kappa shape index (κ3) is 4.71. The number of benzene rings is 1. The number of carbonyl (C=O) groups excluding carboxylic acids is 1. The summed E-state index contributed by atoms with van der Waals surface area (Å²) in [5.74, 6) is -1.73. The number of likely N-dealkylation sites (N-methyl/N-ethyl adjacent to an activating group) is 1. The molecule has 1 heterocycles. The van der Waals surface area contributed by atoms with E-state index >= 15 is 0 Å². The first kappa shape index (κ1) is 17.3. The van der Waals surface area contributed by atoms with Crippen LogP contribution < -0.4 is 5.32 Å². The van der Waals surface area contributed by atoms with Gasteiger partial charge in [-0.05, 0) is 37.7 Å². The summed E-state index contributed by atoms with van der Waals surface area (Å²) in [6.45, 7) is 2.14. The number of halogens is 3. The predicted molar refractivity (Wildman–Crippen MR) is 85.2 cm³/mol. The van der Waals surface area contributed by atoms with Crippen LogP contribution in [0.5, 0.6) is 0 Å². The smallest absolute Gasteiger partial charge is 0.241 e. The standard InChI is InChI=1S/C16H16ClF2N3O/c1-10(22(2)9-11-3-6-15(17)20-8-11)16(23)21-14-7-12(18)4-5-13(14)19/h3-8,10H,9H2,1-2H3,(H,21,23)/t10-/m0/s1. The van der Waals surface area contributed by atoms with Gasteiger partial charge in [-0.1, -0.05) is 17.7 Å². The Morgan fingerprint density at radius 3 is 2.74 bits per heavy atom. The lowest BCUT2D eigenvalue weighted by atomic mass is 10.2. The first-order chi connectivity index (χ1) is 10.9. The number of nitrogens with zero attached hydrogens (tertiary/aromatic N) is 2. The number of aromatic nitrogens is 1. The van der Waals surface area contributed by atoms with E-state index in [1.807, 2.05) is 6.07 Å². The topological polar surface area (TPSA) is 45.2 Å². The lowest BCUT2D eigenvalue weighted by Crippen LogP contribution is -2.39. The second-order valence-electron chi connectivity index (χ2n) is 5.19. The molecule has 0 aliphatic carbocycles. The Balaban J connectivity index is 2.00. The highest BCUT2D eigenvalue weighted by Gasteiger charge is 2.19. The zero-order valence-corrected chi connectivity index (χ0v) is 13.4. The van der Waals surface area contributed by atoms with Crippen LogP contribution in [0.25, 0.3) is 0 Å². The van der Waals surface area contributed by atoms with Crippen molar-refractivity contribution in [3.8, 4) is 0 Å². The highest BCUT2D eigenvalue weighted by molar-refractivity contribution is 6.29. The number of carbonyl (C=O) groups is 1. The zero-order chi connectivity index (χ0) is 17.0. The molecule has 0 unspecified atom stereocenters. The molecule has 7 heteroatoms. The van der Waals surface area contributed by atoms with Crippen molar-refractivity contribution in [3.63, 3.8) is 0 Å². The monoisotopic (exact) mass is 339 g/mol. The number of pyridine rings is 1. The SMILES string of the molecule is C[C@@H](C(=O)Nc1cc(F)ccc1F)N(C)Cc1ccc(Cl)nc1. The number of rotatable bonds is 5. The Morgan fingerprint density at radius 2 is 2.09 bits per heavy atom. The molecule has 2 aromatic rings. The van der Waals surface area contributed by atoms with Crippen molar-refractivity contribution < 1.29 is 13.6 Å². The van der Waals surface area contributed by atoms with Crippen LogP contribution in [0.1, 0.15) is 12.5 Å². The van der Waals surface area contributed by atoms with Crippen LogP contribution in [-0.4, -0.2) is 28.9 Å². The van der Waals surface area contributed by atoms with E-state index in [2.05, 4.69) is 10.3 Å².